The Morgan fingerprint density at radius 2 is 2.15 bits per heavy atom. The summed E-state index contributed by atoms with van der Waals surface area (Å²) < 4.78 is 20.1. The summed E-state index contributed by atoms with van der Waals surface area (Å²) in [5, 5.41) is 0.639. The third-order valence-electron chi connectivity index (χ3n) is 3.64. The Morgan fingerprint density at radius 1 is 1.35 bits per heavy atom. The van der Waals surface area contributed by atoms with E-state index in [1.165, 1.54) is 6.07 Å². The highest BCUT2D eigenvalue weighted by atomic mass is 35.5. The molecular formula is C16H15ClFNO. The number of rotatable bonds is 2. The Labute approximate surface area is 122 Å². The van der Waals surface area contributed by atoms with Gasteiger partial charge in [-0.2, -0.15) is 0 Å². The highest BCUT2D eigenvalue weighted by Gasteiger charge is 2.27. The fraction of sp³-hybridized carbons (Fsp3) is 0.250. The van der Waals surface area contributed by atoms with E-state index in [9.17, 15) is 4.39 Å². The van der Waals surface area contributed by atoms with E-state index in [0.717, 1.165) is 23.1 Å². The Morgan fingerprint density at radius 3 is 2.85 bits per heavy atom. The first kappa shape index (κ1) is 13.4. The van der Waals surface area contributed by atoms with Gasteiger partial charge in [0.05, 0.1) is 5.56 Å². The van der Waals surface area contributed by atoms with Crippen molar-refractivity contribution in [2.45, 2.75) is 19.4 Å². The lowest BCUT2D eigenvalue weighted by molar-refractivity contribution is 0.241. The molecular weight excluding hydrogens is 277 g/mol. The average Bonchev–Trinajstić information content (AvgIpc) is 2.83. The monoisotopic (exact) mass is 291 g/mol. The number of hydrogen-bond donors (Lipinski definition) is 1. The van der Waals surface area contributed by atoms with Crippen molar-refractivity contribution in [3.05, 3.63) is 52.3 Å². The molecule has 2 nitrogen and oxygen atoms in total. The zero-order chi connectivity index (χ0) is 14.3. The summed E-state index contributed by atoms with van der Waals surface area (Å²) in [6.45, 7) is 2.34. The van der Waals surface area contributed by atoms with Crippen LogP contribution in [0, 0.1) is 12.7 Å². The largest absolute Gasteiger partial charge is 0.488 e. The molecule has 1 atom stereocenters. The van der Waals surface area contributed by atoms with E-state index >= 15 is 0 Å². The van der Waals surface area contributed by atoms with Crippen molar-refractivity contribution in [1.82, 2.24) is 0 Å². The molecule has 0 spiro atoms. The highest BCUT2D eigenvalue weighted by Crippen LogP contribution is 2.41. The number of hydrogen-bond acceptors (Lipinski definition) is 2. The fourth-order valence-corrected chi connectivity index (χ4v) is 2.87. The van der Waals surface area contributed by atoms with Crippen LogP contribution in [0.15, 0.2) is 30.3 Å². The zero-order valence-corrected chi connectivity index (χ0v) is 11.9. The number of fused-ring (bicyclic) bond motifs is 1. The smallest absolute Gasteiger partial charge is 0.134 e. The van der Waals surface area contributed by atoms with Gasteiger partial charge in [-0.3, -0.25) is 0 Å². The quantitative estimate of drug-likeness (QED) is 0.915. The first-order valence-corrected chi connectivity index (χ1v) is 6.92. The van der Waals surface area contributed by atoms with Crippen molar-refractivity contribution in [3.8, 4) is 16.9 Å². The van der Waals surface area contributed by atoms with Crippen LogP contribution in [0.1, 0.15) is 11.1 Å². The van der Waals surface area contributed by atoms with E-state index in [1.54, 1.807) is 12.1 Å². The summed E-state index contributed by atoms with van der Waals surface area (Å²) in [5.41, 5.74) is 8.89. The summed E-state index contributed by atoms with van der Waals surface area (Å²) in [6.07, 6.45) is 0.657. The number of nitrogens with two attached hydrogens (primary N) is 1. The molecule has 3 rings (SSSR count). The number of benzene rings is 2. The van der Waals surface area contributed by atoms with Crippen molar-refractivity contribution in [3.63, 3.8) is 0 Å². The number of ether oxygens (including phenoxy) is 1. The van der Waals surface area contributed by atoms with Gasteiger partial charge in [-0.25, -0.2) is 4.39 Å². The van der Waals surface area contributed by atoms with Crippen molar-refractivity contribution < 1.29 is 9.13 Å². The first-order valence-electron chi connectivity index (χ1n) is 6.54. The predicted molar refractivity (Wildman–Crippen MR) is 78.8 cm³/mol. The minimum absolute atomic E-state index is 0.0712. The van der Waals surface area contributed by atoms with Gasteiger partial charge in [0.2, 0.25) is 0 Å². The van der Waals surface area contributed by atoms with Crippen molar-refractivity contribution >= 4 is 11.6 Å². The lowest BCUT2D eigenvalue weighted by atomic mass is 9.96. The van der Waals surface area contributed by atoms with Crippen molar-refractivity contribution in [1.29, 1.82) is 0 Å². The van der Waals surface area contributed by atoms with Crippen LogP contribution in [-0.2, 0) is 6.42 Å². The molecule has 20 heavy (non-hydrogen) atoms. The first-order chi connectivity index (χ1) is 9.60. The normalized spacial score (nSPS) is 16.9. The molecule has 1 aliphatic rings. The Kier molecular flexibility index (Phi) is 3.40. The molecule has 1 heterocycles. The minimum Gasteiger partial charge on any atom is -0.488 e. The van der Waals surface area contributed by atoms with Crippen LogP contribution in [0.3, 0.4) is 0 Å². The number of halogens is 2. The standard InChI is InChI=1S/C16H15ClFNO/c1-9-6-11(17)3-4-13(9)15-14(18)5-2-10-7-12(8-19)20-16(10)15/h2-6,12H,7-8,19H2,1H3/t12-/m1/s1. The van der Waals surface area contributed by atoms with Gasteiger partial charge in [-0.05, 0) is 41.8 Å². The van der Waals surface area contributed by atoms with Gasteiger partial charge in [0.25, 0.3) is 0 Å². The summed E-state index contributed by atoms with van der Waals surface area (Å²) in [4.78, 5) is 0. The third kappa shape index (κ3) is 2.17. The molecule has 0 unspecified atom stereocenters. The van der Waals surface area contributed by atoms with E-state index in [1.807, 2.05) is 19.1 Å². The van der Waals surface area contributed by atoms with Gasteiger partial charge in [-0.15, -0.1) is 0 Å². The second-order valence-corrected chi connectivity index (χ2v) is 5.49. The molecule has 0 aliphatic carbocycles. The molecule has 1 aliphatic heterocycles. The zero-order valence-electron chi connectivity index (χ0n) is 11.1. The molecule has 0 fully saturated rings. The highest BCUT2D eigenvalue weighted by molar-refractivity contribution is 6.30. The van der Waals surface area contributed by atoms with Gasteiger partial charge in [0.15, 0.2) is 0 Å². The maximum atomic E-state index is 14.3. The van der Waals surface area contributed by atoms with Crippen LogP contribution in [0.4, 0.5) is 4.39 Å². The van der Waals surface area contributed by atoms with Gasteiger partial charge in [-0.1, -0.05) is 23.7 Å². The lowest BCUT2D eigenvalue weighted by Gasteiger charge is -2.13. The maximum Gasteiger partial charge on any atom is 0.134 e. The fourth-order valence-electron chi connectivity index (χ4n) is 2.64. The van der Waals surface area contributed by atoms with Gasteiger partial charge in [0.1, 0.15) is 17.7 Å². The summed E-state index contributed by atoms with van der Waals surface area (Å²) >= 11 is 5.97. The van der Waals surface area contributed by atoms with E-state index in [0.29, 0.717) is 22.9 Å². The van der Waals surface area contributed by atoms with Crippen molar-refractivity contribution in [2.24, 2.45) is 5.73 Å². The Hall–Kier alpha value is -1.58. The molecule has 2 aromatic rings. The minimum atomic E-state index is -0.285. The average molecular weight is 292 g/mol. The van der Waals surface area contributed by atoms with Crippen LogP contribution >= 0.6 is 11.6 Å². The van der Waals surface area contributed by atoms with E-state index in [-0.39, 0.29) is 11.9 Å². The molecule has 4 heteroatoms. The predicted octanol–water partition coefficient (Wildman–Crippen LogP) is 3.72. The summed E-state index contributed by atoms with van der Waals surface area (Å²) in [7, 11) is 0. The molecule has 104 valence electrons. The van der Waals surface area contributed by atoms with Gasteiger partial charge >= 0.3 is 0 Å². The second-order valence-electron chi connectivity index (χ2n) is 5.05. The van der Waals surface area contributed by atoms with Crippen molar-refractivity contribution in [2.75, 3.05) is 6.54 Å². The van der Waals surface area contributed by atoms with Gasteiger partial charge in [0, 0.05) is 18.0 Å². The van der Waals surface area contributed by atoms with E-state index in [2.05, 4.69) is 0 Å². The van der Waals surface area contributed by atoms with Crippen LogP contribution in [0.5, 0.6) is 5.75 Å². The molecule has 0 radical (unpaired) electrons. The third-order valence-corrected chi connectivity index (χ3v) is 3.88. The van der Waals surface area contributed by atoms with Crippen LogP contribution in [-0.4, -0.2) is 12.6 Å². The molecule has 0 saturated carbocycles. The molecule has 2 N–H and O–H groups in total. The van der Waals surface area contributed by atoms with E-state index < -0.39 is 0 Å². The molecule has 2 aromatic carbocycles. The molecule has 0 saturated heterocycles. The maximum absolute atomic E-state index is 14.3. The van der Waals surface area contributed by atoms with Crippen LogP contribution in [0.2, 0.25) is 5.02 Å². The molecule has 0 amide bonds. The molecule has 0 bridgehead atoms. The van der Waals surface area contributed by atoms with Crippen LogP contribution < -0.4 is 10.5 Å². The topological polar surface area (TPSA) is 35.2 Å². The molecule has 0 aromatic heterocycles. The Bertz CT molecular complexity index is 672. The SMILES string of the molecule is Cc1cc(Cl)ccc1-c1c(F)ccc2c1O[C@@H](CN)C2. The van der Waals surface area contributed by atoms with Gasteiger partial charge < -0.3 is 10.5 Å². The van der Waals surface area contributed by atoms with Crippen LogP contribution in [0.25, 0.3) is 11.1 Å². The van der Waals surface area contributed by atoms with E-state index in [4.69, 9.17) is 22.1 Å². The lowest BCUT2D eigenvalue weighted by Crippen LogP contribution is -2.24. The summed E-state index contributed by atoms with van der Waals surface area (Å²) in [5.74, 6) is 0.331. The second kappa shape index (κ2) is 5.08. The summed E-state index contributed by atoms with van der Waals surface area (Å²) in [6, 6.07) is 8.68. The number of aryl methyl sites for hydroxylation is 1. The Balaban J connectivity index is 2.17.